The van der Waals surface area contributed by atoms with Crippen LogP contribution in [0.5, 0.6) is 0 Å². The van der Waals surface area contributed by atoms with Crippen LogP contribution in [-0.4, -0.2) is 222 Å². The number of aliphatic hydroxyl groups is 10. The molecule has 9 aliphatic rings. The standard InChI is InChI=1S/C58H90O25/c1-24-34(62)36(64)39(67)48(75-24)80-44-41(69)45(47(71)72)81-50(42(44)70)79-33-14-15-55(8)31(54(33,6)7)13-16-57(10)32(55)12-11-27-28-21-53(4,5)17-19-58(28,20-18-56(27,57)9)52(73)83-51-46(37(65)35(63)29(22-59)77-51)82-49-40(68)38(66)43(76-26(3)61)30(78-49)23-74-25(2)60/h11,24,28-46,48-51,59,62-70H,12-23H2,1-10H3,(H,71,72). The number of hydrogen-bond donors (Lipinski definition) is 11. The molecule has 0 amide bonds. The van der Waals surface area contributed by atoms with E-state index in [0.717, 1.165) is 26.7 Å². The zero-order chi connectivity index (χ0) is 61.0. The summed E-state index contributed by atoms with van der Waals surface area (Å²) in [5.74, 6) is -3.88. The molecule has 4 aliphatic heterocycles. The van der Waals surface area contributed by atoms with Crippen molar-refractivity contribution in [2.45, 2.75) is 262 Å². The van der Waals surface area contributed by atoms with Crippen LogP contribution in [0.25, 0.3) is 0 Å². The van der Waals surface area contributed by atoms with E-state index in [-0.39, 0.29) is 34.0 Å². The lowest BCUT2D eigenvalue weighted by Crippen LogP contribution is -2.67. The first-order chi connectivity index (χ1) is 38.7. The van der Waals surface area contributed by atoms with Gasteiger partial charge in [-0.3, -0.25) is 14.4 Å². The van der Waals surface area contributed by atoms with Crippen LogP contribution in [0.4, 0.5) is 0 Å². The second kappa shape index (κ2) is 23.5. The van der Waals surface area contributed by atoms with Crippen LogP contribution < -0.4 is 0 Å². The van der Waals surface area contributed by atoms with Gasteiger partial charge in [0.2, 0.25) is 6.29 Å². The number of aliphatic hydroxyl groups excluding tert-OH is 10. The monoisotopic (exact) mass is 1190 g/mol. The van der Waals surface area contributed by atoms with Gasteiger partial charge in [0.25, 0.3) is 0 Å². The Kier molecular flexibility index (Phi) is 18.2. The van der Waals surface area contributed by atoms with Crippen molar-refractivity contribution >= 4 is 23.9 Å². The molecule has 25 nitrogen and oxygen atoms in total. The largest absolute Gasteiger partial charge is 0.479 e. The van der Waals surface area contributed by atoms with Gasteiger partial charge in [0.15, 0.2) is 37.2 Å². The van der Waals surface area contributed by atoms with E-state index in [1.807, 2.05) is 0 Å². The van der Waals surface area contributed by atoms with E-state index >= 15 is 4.79 Å². The second-order valence-corrected chi connectivity index (χ2v) is 27.5. The van der Waals surface area contributed by atoms with Gasteiger partial charge < -0.3 is 104 Å². The normalized spacial score (nSPS) is 50.2. The lowest BCUT2D eigenvalue weighted by Gasteiger charge is -2.71. The molecule has 28 atom stereocenters. The first-order valence-electron chi connectivity index (χ1n) is 29.4. The molecule has 25 heteroatoms. The fraction of sp³-hybridized carbons (Fsp3) is 0.897. The van der Waals surface area contributed by atoms with Crippen molar-refractivity contribution in [3.8, 4) is 0 Å². The molecule has 472 valence electrons. The highest BCUT2D eigenvalue weighted by Crippen LogP contribution is 2.76. The van der Waals surface area contributed by atoms with E-state index in [0.29, 0.717) is 51.4 Å². The van der Waals surface area contributed by atoms with E-state index < -0.39 is 182 Å². The number of aliphatic carboxylic acids is 1. The van der Waals surface area contributed by atoms with Gasteiger partial charge in [0, 0.05) is 13.8 Å². The van der Waals surface area contributed by atoms with E-state index in [9.17, 15) is 70.6 Å². The van der Waals surface area contributed by atoms with Gasteiger partial charge >= 0.3 is 23.9 Å². The predicted molar refractivity (Wildman–Crippen MR) is 281 cm³/mol. The number of allylic oxidation sites excluding steroid dienone is 2. The number of hydrogen-bond acceptors (Lipinski definition) is 24. The van der Waals surface area contributed by atoms with E-state index in [1.165, 1.54) is 12.5 Å². The molecule has 0 spiro atoms. The number of rotatable bonds is 13. The van der Waals surface area contributed by atoms with Crippen molar-refractivity contribution in [3.63, 3.8) is 0 Å². The number of carbonyl (C=O) groups is 4. The maximum Gasteiger partial charge on any atom is 0.335 e. The fourth-order valence-corrected chi connectivity index (χ4v) is 16.9. The van der Waals surface area contributed by atoms with Crippen LogP contribution in [0.3, 0.4) is 0 Å². The fourth-order valence-electron chi connectivity index (χ4n) is 16.9. The molecular weight excluding hydrogens is 1100 g/mol. The van der Waals surface area contributed by atoms with Crippen molar-refractivity contribution in [1.29, 1.82) is 0 Å². The Labute approximate surface area is 482 Å². The summed E-state index contributed by atoms with van der Waals surface area (Å²) in [4.78, 5) is 51.8. The zero-order valence-corrected chi connectivity index (χ0v) is 49.1. The molecule has 83 heavy (non-hydrogen) atoms. The van der Waals surface area contributed by atoms with E-state index in [1.54, 1.807) is 0 Å². The van der Waals surface area contributed by atoms with Crippen molar-refractivity contribution in [2.24, 2.45) is 50.2 Å². The Hall–Kier alpha value is -3.06. The minimum absolute atomic E-state index is 0.0474. The molecule has 4 saturated heterocycles. The van der Waals surface area contributed by atoms with Gasteiger partial charge in [0.1, 0.15) is 79.9 Å². The summed E-state index contributed by atoms with van der Waals surface area (Å²) in [7, 11) is 0. The number of ether oxygens (including phenoxy) is 10. The van der Waals surface area contributed by atoms with Gasteiger partial charge in [-0.15, -0.1) is 0 Å². The minimum atomic E-state index is -1.96. The van der Waals surface area contributed by atoms with Gasteiger partial charge in [-0.2, -0.15) is 0 Å². The molecular formula is C58H90O25. The number of carboxylic acid groups (broad SMARTS) is 1. The Morgan fingerprint density at radius 1 is 0.590 bits per heavy atom. The first kappa shape index (κ1) is 64.4. The van der Waals surface area contributed by atoms with Crippen LogP contribution in [0.2, 0.25) is 0 Å². The average Bonchev–Trinajstić information content (AvgIpc) is 0.745. The molecule has 4 saturated carbocycles. The van der Waals surface area contributed by atoms with Gasteiger partial charge in [-0.05, 0) is 116 Å². The predicted octanol–water partition coefficient (Wildman–Crippen LogP) is 0.226. The molecule has 9 rings (SSSR count). The number of esters is 3. The van der Waals surface area contributed by atoms with E-state index in [4.69, 9.17) is 47.4 Å². The van der Waals surface area contributed by atoms with Gasteiger partial charge in [0.05, 0.1) is 24.2 Å². The van der Waals surface area contributed by atoms with Crippen LogP contribution in [-0.2, 0) is 66.5 Å². The molecule has 4 heterocycles. The average molecular weight is 1190 g/mol. The third-order valence-corrected chi connectivity index (χ3v) is 21.9. The maximum atomic E-state index is 15.5. The molecule has 11 N–H and O–H groups in total. The smallest absolute Gasteiger partial charge is 0.335 e. The molecule has 5 aliphatic carbocycles. The van der Waals surface area contributed by atoms with Crippen LogP contribution in [0.15, 0.2) is 11.6 Å². The Morgan fingerprint density at radius 2 is 1.20 bits per heavy atom. The molecule has 0 aromatic rings. The van der Waals surface area contributed by atoms with E-state index in [2.05, 4.69) is 54.5 Å². The topological polar surface area (TPSA) is 383 Å². The molecule has 0 aromatic heterocycles. The second-order valence-electron chi connectivity index (χ2n) is 27.5. The summed E-state index contributed by atoms with van der Waals surface area (Å²) in [6, 6.07) is 0. The molecule has 28 unspecified atom stereocenters. The summed E-state index contributed by atoms with van der Waals surface area (Å²) >= 11 is 0. The van der Waals surface area contributed by atoms with Crippen molar-refractivity contribution < 1.29 is 123 Å². The molecule has 0 aromatic carbocycles. The number of fused-ring (bicyclic) bond motifs is 7. The maximum absolute atomic E-state index is 15.5. The molecule has 0 bridgehead atoms. The van der Waals surface area contributed by atoms with Crippen molar-refractivity contribution in [3.05, 3.63) is 11.6 Å². The lowest BCUT2D eigenvalue weighted by molar-refractivity contribution is -0.364. The van der Waals surface area contributed by atoms with Crippen LogP contribution in [0, 0.1) is 50.2 Å². The minimum Gasteiger partial charge on any atom is -0.479 e. The summed E-state index contributed by atoms with van der Waals surface area (Å²) in [5, 5.41) is 120. The molecule has 8 fully saturated rings. The third-order valence-electron chi connectivity index (χ3n) is 21.9. The summed E-state index contributed by atoms with van der Waals surface area (Å²) in [6.45, 7) is 17.9. The summed E-state index contributed by atoms with van der Waals surface area (Å²) < 4.78 is 58.6. The highest BCUT2D eigenvalue weighted by atomic mass is 16.8. The number of carboxylic acids is 1. The van der Waals surface area contributed by atoms with Gasteiger partial charge in [-0.25, -0.2) is 4.79 Å². The Bertz CT molecular complexity index is 2420. The van der Waals surface area contributed by atoms with Crippen LogP contribution in [0.1, 0.15) is 133 Å². The van der Waals surface area contributed by atoms with Crippen LogP contribution >= 0.6 is 0 Å². The third kappa shape index (κ3) is 11.1. The Morgan fingerprint density at radius 3 is 1.86 bits per heavy atom. The van der Waals surface area contributed by atoms with Crippen molar-refractivity contribution in [2.75, 3.05) is 13.2 Å². The summed E-state index contributed by atoms with van der Waals surface area (Å²) in [5.41, 5.74) is -1.70. The van der Waals surface area contributed by atoms with Gasteiger partial charge in [-0.1, -0.05) is 60.1 Å². The molecule has 0 radical (unpaired) electrons. The quantitative estimate of drug-likeness (QED) is 0.0509. The first-order valence-corrected chi connectivity index (χ1v) is 29.4. The summed E-state index contributed by atoms with van der Waals surface area (Å²) in [6.07, 6.45) is -26.0. The zero-order valence-electron chi connectivity index (χ0n) is 49.1. The Balaban J connectivity index is 0.953. The number of carbonyl (C=O) groups excluding carboxylic acids is 3. The highest BCUT2D eigenvalue weighted by molar-refractivity contribution is 5.79. The highest BCUT2D eigenvalue weighted by Gasteiger charge is 2.70. The SMILES string of the molecule is CC(=O)OCC1OC(OC2C(OC(=O)C34CCC(C)(C)CC3C3=CCC5C6(C)CCC(OC7OC(C(=O)O)C(O)C(OC8OC(C)C(O)C(O)C8O)C7O)C(C)(C)C6CCC5(C)C3(C)CC4)OC(CO)C(O)C2O)C(O)C(O)C1OC(C)=O. The van der Waals surface area contributed by atoms with Crippen molar-refractivity contribution in [1.82, 2.24) is 0 Å². The lowest BCUT2D eigenvalue weighted by atomic mass is 9.33.